The lowest BCUT2D eigenvalue weighted by atomic mass is 10.0. The van der Waals surface area contributed by atoms with Gasteiger partial charge in [0, 0.05) is 36.3 Å². The first kappa shape index (κ1) is 40.2. The summed E-state index contributed by atoms with van der Waals surface area (Å²) in [5.41, 5.74) is 8.11. The first-order valence-electron chi connectivity index (χ1n) is 17.6. The van der Waals surface area contributed by atoms with E-state index in [-0.39, 0.29) is 6.10 Å². The van der Waals surface area contributed by atoms with Gasteiger partial charge in [0.1, 0.15) is 17.8 Å². The number of nitrogens with one attached hydrogen (secondary N) is 1. The summed E-state index contributed by atoms with van der Waals surface area (Å²) < 4.78 is 10.7. The standard InChI is InChI=1S/C23H25NO2.C14H12O2.C9H13NO/c1-24(17-22(25)20-8-4-3-5-9-20)16-18-12-14-19(15-13-18)21-10-6-7-11-23(21)26-2;1-16-14-5-3-2-4-13(14)12-8-6-11(10-15)7-9-12;1-10-7-9(11)8-5-3-2-4-6-8/h3-15,22,25H,16-17H2,1-2H3;2-10H,1H3;2-6,9-11H,7H2,1H3. The van der Waals surface area contributed by atoms with Gasteiger partial charge in [0.2, 0.25) is 0 Å². The Labute approximate surface area is 314 Å². The molecule has 7 heteroatoms. The lowest BCUT2D eigenvalue weighted by Crippen LogP contribution is -2.24. The topological polar surface area (TPSA) is 91.3 Å². The molecule has 6 rings (SSSR count). The van der Waals surface area contributed by atoms with Crippen molar-refractivity contribution in [1.29, 1.82) is 0 Å². The largest absolute Gasteiger partial charge is 0.496 e. The summed E-state index contributed by atoms with van der Waals surface area (Å²) in [6, 6.07) is 51.2. The normalized spacial score (nSPS) is 11.6. The summed E-state index contributed by atoms with van der Waals surface area (Å²) in [4.78, 5) is 12.7. The van der Waals surface area contributed by atoms with Crippen molar-refractivity contribution < 1.29 is 24.5 Å². The number of carbonyl (C=O) groups excluding carboxylic acids is 1. The summed E-state index contributed by atoms with van der Waals surface area (Å²) in [5.74, 6) is 1.71. The highest BCUT2D eigenvalue weighted by Gasteiger charge is 2.11. The van der Waals surface area contributed by atoms with Crippen LogP contribution in [0.25, 0.3) is 22.3 Å². The number of ether oxygens (including phenoxy) is 2. The van der Waals surface area contributed by atoms with Crippen LogP contribution in [-0.4, -0.2) is 62.8 Å². The van der Waals surface area contributed by atoms with Crippen LogP contribution >= 0.6 is 0 Å². The molecule has 0 aliphatic carbocycles. The van der Waals surface area contributed by atoms with Crippen LogP contribution in [0.4, 0.5) is 0 Å². The smallest absolute Gasteiger partial charge is 0.150 e. The molecule has 0 fully saturated rings. The Balaban J connectivity index is 0.000000197. The average molecular weight is 711 g/mol. The molecule has 0 saturated heterocycles. The van der Waals surface area contributed by atoms with E-state index in [4.69, 9.17) is 9.47 Å². The number of aliphatic hydroxyl groups is 2. The Morgan fingerprint density at radius 3 is 1.49 bits per heavy atom. The Bertz CT molecular complexity index is 1920. The summed E-state index contributed by atoms with van der Waals surface area (Å²) >= 11 is 0. The van der Waals surface area contributed by atoms with Gasteiger partial charge >= 0.3 is 0 Å². The first-order chi connectivity index (χ1) is 25.9. The quantitative estimate of drug-likeness (QED) is 0.103. The van der Waals surface area contributed by atoms with E-state index in [9.17, 15) is 15.0 Å². The molecule has 2 unspecified atom stereocenters. The van der Waals surface area contributed by atoms with Gasteiger partial charge < -0.3 is 25.0 Å². The molecule has 6 aromatic carbocycles. The van der Waals surface area contributed by atoms with Crippen molar-refractivity contribution in [2.75, 3.05) is 41.4 Å². The number of hydrogen-bond acceptors (Lipinski definition) is 7. The van der Waals surface area contributed by atoms with Gasteiger partial charge in [0.05, 0.1) is 26.4 Å². The summed E-state index contributed by atoms with van der Waals surface area (Å²) in [6.07, 6.45) is -0.0262. The van der Waals surface area contributed by atoms with Crippen LogP contribution in [0.2, 0.25) is 0 Å². The SMILES string of the molecule is CNCC(O)c1ccccc1.COc1ccccc1-c1ccc(C=O)cc1.COc1ccccc1-c1ccc(CN(C)CC(O)c2ccccc2)cc1. The Hall–Kier alpha value is -5.57. The molecule has 0 saturated carbocycles. The molecule has 0 radical (unpaired) electrons. The minimum absolute atomic E-state index is 0.388. The van der Waals surface area contributed by atoms with Crippen molar-refractivity contribution in [3.05, 3.63) is 180 Å². The van der Waals surface area contributed by atoms with Crippen LogP contribution in [0.3, 0.4) is 0 Å². The molecule has 2 atom stereocenters. The maximum atomic E-state index is 10.6. The van der Waals surface area contributed by atoms with Gasteiger partial charge in [-0.3, -0.25) is 9.69 Å². The van der Waals surface area contributed by atoms with Crippen LogP contribution in [0.15, 0.2) is 158 Å². The molecule has 0 aliphatic rings. The maximum Gasteiger partial charge on any atom is 0.150 e. The zero-order valence-electron chi connectivity index (χ0n) is 30.9. The van der Waals surface area contributed by atoms with Crippen molar-refractivity contribution in [3.63, 3.8) is 0 Å². The fourth-order valence-corrected chi connectivity index (χ4v) is 5.74. The summed E-state index contributed by atoms with van der Waals surface area (Å²) in [5, 5.41) is 22.7. The highest BCUT2D eigenvalue weighted by molar-refractivity contribution is 5.78. The molecule has 0 bridgehead atoms. The molecular formula is C46H50N2O5. The third kappa shape index (κ3) is 12.6. The number of hydrogen-bond donors (Lipinski definition) is 3. The predicted molar refractivity (Wildman–Crippen MR) is 215 cm³/mol. The van der Waals surface area contributed by atoms with Crippen molar-refractivity contribution in [1.82, 2.24) is 10.2 Å². The highest BCUT2D eigenvalue weighted by Crippen LogP contribution is 2.30. The van der Waals surface area contributed by atoms with Crippen molar-refractivity contribution >= 4 is 6.29 Å². The van der Waals surface area contributed by atoms with Crippen LogP contribution in [0, 0.1) is 0 Å². The predicted octanol–water partition coefficient (Wildman–Crippen LogP) is 8.64. The van der Waals surface area contributed by atoms with Crippen molar-refractivity contribution in [2.24, 2.45) is 0 Å². The zero-order valence-corrected chi connectivity index (χ0v) is 30.9. The second-order valence-corrected chi connectivity index (χ2v) is 12.4. The number of aliphatic hydroxyl groups excluding tert-OH is 2. The van der Waals surface area contributed by atoms with Gasteiger partial charge in [-0.1, -0.05) is 146 Å². The Morgan fingerprint density at radius 2 is 1.04 bits per heavy atom. The van der Waals surface area contributed by atoms with E-state index in [2.05, 4.69) is 40.5 Å². The fourth-order valence-electron chi connectivity index (χ4n) is 5.74. The molecule has 0 aromatic heterocycles. The molecule has 53 heavy (non-hydrogen) atoms. The maximum absolute atomic E-state index is 10.6. The van der Waals surface area contributed by atoms with Crippen LogP contribution in [0.1, 0.15) is 39.3 Å². The lowest BCUT2D eigenvalue weighted by Gasteiger charge is -2.21. The minimum atomic E-state index is -0.478. The van der Waals surface area contributed by atoms with E-state index in [1.807, 2.05) is 129 Å². The molecule has 3 N–H and O–H groups in total. The Morgan fingerprint density at radius 1 is 0.604 bits per heavy atom. The van der Waals surface area contributed by atoms with Gasteiger partial charge in [0.15, 0.2) is 0 Å². The molecule has 274 valence electrons. The second kappa shape index (κ2) is 21.7. The third-order valence-electron chi connectivity index (χ3n) is 8.54. The van der Waals surface area contributed by atoms with E-state index in [0.29, 0.717) is 18.7 Å². The van der Waals surface area contributed by atoms with E-state index in [1.54, 1.807) is 26.4 Å². The number of benzene rings is 6. The van der Waals surface area contributed by atoms with Gasteiger partial charge in [0.25, 0.3) is 0 Å². The van der Waals surface area contributed by atoms with E-state index >= 15 is 0 Å². The lowest BCUT2D eigenvalue weighted by molar-refractivity contribution is 0.112. The van der Waals surface area contributed by atoms with Gasteiger partial charge in [-0.2, -0.15) is 0 Å². The number of para-hydroxylation sites is 2. The number of likely N-dealkylation sites (N-methyl/N-ethyl adjacent to an activating group) is 2. The molecule has 0 spiro atoms. The third-order valence-corrected chi connectivity index (χ3v) is 8.54. The monoisotopic (exact) mass is 710 g/mol. The van der Waals surface area contributed by atoms with Crippen molar-refractivity contribution in [2.45, 2.75) is 18.8 Å². The fraction of sp³-hybridized carbons (Fsp3) is 0.196. The van der Waals surface area contributed by atoms with E-state index in [1.165, 1.54) is 5.56 Å². The molecular weight excluding hydrogens is 661 g/mol. The van der Waals surface area contributed by atoms with E-state index in [0.717, 1.165) is 57.7 Å². The molecule has 0 amide bonds. The number of aldehydes is 1. The van der Waals surface area contributed by atoms with Crippen LogP contribution in [-0.2, 0) is 6.54 Å². The number of methoxy groups -OCH3 is 2. The Kier molecular flexibility index (Phi) is 16.5. The molecule has 0 aliphatic heterocycles. The van der Waals surface area contributed by atoms with Crippen LogP contribution < -0.4 is 14.8 Å². The van der Waals surface area contributed by atoms with Crippen LogP contribution in [0.5, 0.6) is 11.5 Å². The summed E-state index contributed by atoms with van der Waals surface area (Å²) in [7, 11) is 7.20. The zero-order chi connectivity index (χ0) is 37.8. The van der Waals surface area contributed by atoms with Gasteiger partial charge in [-0.25, -0.2) is 0 Å². The van der Waals surface area contributed by atoms with Gasteiger partial charge in [-0.15, -0.1) is 0 Å². The summed E-state index contributed by atoms with van der Waals surface area (Å²) in [6.45, 7) is 1.98. The van der Waals surface area contributed by atoms with E-state index < -0.39 is 6.10 Å². The molecule has 0 heterocycles. The first-order valence-corrected chi connectivity index (χ1v) is 17.6. The molecule has 7 nitrogen and oxygen atoms in total. The van der Waals surface area contributed by atoms with Crippen molar-refractivity contribution in [3.8, 4) is 33.8 Å². The minimum Gasteiger partial charge on any atom is -0.496 e. The highest BCUT2D eigenvalue weighted by atomic mass is 16.5. The average Bonchev–Trinajstić information content (AvgIpc) is 3.22. The molecule has 6 aromatic rings. The number of carbonyl (C=O) groups is 1. The van der Waals surface area contributed by atoms with Gasteiger partial charge in [-0.05, 0) is 54.0 Å². The number of rotatable bonds is 13. The number of nitrogens with zero attached hydrogens (tertiary/aromatic N) is 1. The second-order valence-electron chi connectivity index (χ2n) is 12.4.